The molecule has 1 aromatic heterocycles. The van der Waals surface area contributed by atoms with Crippen molar-refractivity contribution >= 4 is 21.3 Å². The number of carboxylic acids is 1. The Labute approximate surface area is 123 Å². The van der Waals surface area contributed by atoms with Crippen LogP contribution in [0.3, 0.4) is 0 Å². The van der Waals surface area contributed by atoms with Gasteiger partial charge in [0.25, 0.3) is 0 Å². The summed E-state index contributed by atoms with van der Waals surface area (Å²) in [5, 5.41) is 8.86. The van der Waals surface area contributed by atoms with E-state index in [2.05, 4.69) is 11.6 Å². The third-order valence-electron chi connectivity index (χ3n) is 2.97. The lowest BCUT2D eigenvalue weighted by Crippen LogP contribution is -2.03. The first-order valence-electron chi connectivity index (χ1n) is 6.05. The number of aromatic carboxylic acids is 1. The molecular formula is C15H14N2O3S. The highest BCUT2D eigenvalue weighted by Crippen LogP contribution is 2.23. The number of benzene rings is 1. The molecule has 0 saturated carbocycles. The first kappa shape index (κ1) is 14.9. The van der Waals surface area contributed by atoms with Gasteiger partial charge in [-0.1, -0.05) is 6.58 Å². The summed E-state index contributed by atoms with van der Waals surface area (Å²) in [6.45, 7) is 5.59. The van der Waals surface area contributed by atoms with Crippen molar-refractivity contribution in [1.29, 1.82) is 4.78 Å². The van der Waals surface area contributed by atoms with Crippen LogP contribution in [0.25, 0.3) is 5.57 Å². The monoisotopic (exact) mass is 302 g/mol. The minimum absolute atomic E-state index is 0.0859. The van der Waals surface area contributed by atoms with E-state index in [1.807, 2.05) is 0 Å². The van der Waals surface area contributed by atoms with E-state index in [0.29, 0.717) is 0 Å². The Morgan fingerprint density at radius 1 is 1.19 bits per heavy atom. The fraction of sp³-hybridized carbons (Fsp3) is 0.0667. The molecule has 1 unspecified atom stereocenters. The van der Waals surface area contributed by atoms with Crippen LogP contribution in [0.5, 0.6) is 0 Å². The van der Waals surface area contributed by atoms with Gasteiger partial charge in [-0.3, -0.25) is 4.98 Å². The zero-order chi connectivity index (χ0) is 15.6. The Bertz CT molecular complexity index is 809. The van der Waals surface area contributed by atoms with Gasteiger partial charge in [0.15, 0.2) is 0 Å². The van der Waals surface area contributed by atoms with E-state index in [1.165, 1.54) is 30.5 Å². The Hall–Kier alpha value is -2.47. The van der Waals surface area contributed by atoms with Crippen LogP contribution in [0.15, 0.2) is 59.1 Å². The molecule has 0 saturated heterocycles. The van der Waals surface area contributed by atoms with Crippen molar-refractivity contribution in [3.63, 3.8) is 0 Å². The topological polar surface area (TPSA) is 91.1 Å². The van der Waals surface area contributed by atoms with E-state index in [1.54, 1.807) is 19.2 Å². The highest BCUT2D eigenvalue weighted by atomic mass is 32.2. The zero-order valence-electron chi connectivity index (χ0n) is 11.4. The van der Waals surface area contributed by atoms with Gasteiger partial charge in [-0.15, -0.1) is 0 Å². The number of hydrogen-bond acceptors (Lipinski definition) is 4. The lowest BCUT2D eigenvalue weighted by Gasteiger charge is -2.09. The van der Waals surface area contributed by atoms with E-state index < -0.39 is 15.7 Å². The number of hydrogen-bond donors (Lipinski definition) is 2. The number of rotatable bonds is 4. The largest absolute Gasteiger partial charge is 0.478 e. The highest BCUT2D eigenvalue weighted by molar-refractivity contribution is 7.92. The number of aromatic nitrogens is 1. The minimum atomic E-state index is -3.23. The van der Waals surface area contributed by atoms with Gasteiger partial charge >= 0.3 is 5.97 Å². The van der Waals surface area contributed by atoms with Crippen LogP contribution >= 0.6 is 0 Å². The Morgan fingerprint density at radius 2 is 1.81 bits per heavy atom. The van der Waals surface area contributed by atoms with Crippen LogP contribution < -0.4 is 0 Å². The first-order valence-corrected chi connectivity index (χ1v) is 7.61. The molecule has 0 bridgehead atoms. The standard InChI is InChI=1S/C15H14N2O3S/c1-10(2)12-7-14(9-17-8-12)21(16,20)13-5-3-11(4-6-13)15(18)19/h3-9,16H,1H2,2H3,(H,18,19). The second-order valence-electron chi connectivity index (χ2n) is 4.58. The summed E-state index contributed by atoms with van der Waals surface area (Å²) in [4.78, 5) is 15.3. The molecule has 0 aliphatic heterocycles. The van der Waals surface area contributed by atoms with Gasteiger partial charge in [-0.25, -0.2) is 13.8 Å². The van der Waals surface area contributed by atoms with Crippen LogP contribution in [0, 0.1) is 4.78 Å². The smallest absolute Gasteiger partial charge is 0.335 e. The van der Waals surface area contributed by atoms with Gasteiger partial charge in [0.1, 0.15) is 9.73 Å². The van der Waals surface area contributed by atoms with Crippen molar-refractivity contribution in [2.24, 2.45) is 0 Å². The van der Waals surface area contributed by atoms with E-state index in [-0.39, 0.29) is 15.4 Å². The number of carboxylic acid groups (broad SMARTS) is 1. The molecule has 1 atom stereocenters. The quantitative estimate of drug-likeness (QED) is 0.906. The van der Waals surface area contributed by atoms with Crippen molar-refractivity contribution in [3.05, 3.63) is 60.4 Å². The first-order chi connectivity index (χ1) is 9.82. The fourth-order valence-corrected chi connectivity index (χ4v) is 3.03. The van der Waals surface area contributed by atoms with E-state index in [4.69, 9.17) is 9.89 Å². The Kier molecular flexibility index (Phi) is 3.90. The van der Waals surface area contributed by atoms with Gasteiger partial charge < -0.3 is 5.11 Å². The molecule has 1 heterocycles. The maximum Gasteiger partial charge on any atom is 0.335 e. The van der Waals surface area contributed by atoms with Gasteiger partial charge in [0, 0.05) is 12.4 Å². The second kappa shape index (κ2) is 5.49. The van der Waals surface area contributed by atoms with Crippen molar-refractivity contribution in [3.8, 4) is 0 Å². The molecule has 2 aromatic rings. The maximum atomic E-state index is 12.7. The lowest BCUT2D eigenvalue weighted by molar-refractivity contribution is 0.0697. The number of nitrogens with one attached hydrogen (secondary N) is 1. The third kappa shape index (κ3) is 3.00. The van der Waals surface area contributed by atoms with Crippen LogP contribution in [-0.2, 0) is 9.73 Å². The van der Waals surface area contributed by atoms with Gasteiger partial charge in [-0.2, -0.15) is 0 Å². The van der Waals surface area contributed by atoms with E-state index in [9.17, 15) is 9.00 Å². The van der Waals surface area contributed by atoms with Gasteiger partial charge in [0.2, 0.25) is 0 Å². The van der Waals surface area contributed by atoms with E-state index in [0.717, 1.165) is 11.1 Å². The van der Waals surface area contributed by atoms with Crippen molar-refractivity contribution in [2.75, 3.05) is 0 Å². The third-order valence-corrected chi connectivity index (χ3v) is 4.79. The number of pyridine rings is 1. The second-order valence-corrected chi connectivity index (χ2v) is 6.63. The summed E-state index contributed by atoms with van der Waals surface area (Å²) in [5.41, 5.74) is 1.57. The SMILES string of the molecule is C=C(C)c1cncc(S(=N)(=O)c2ccc(C(=O)O)cc2)c1. The molecule has 1 aromatic carbocycles. The molecule has 0 fully saturated rings. The number of carbonyl (C=O) groups is 1. The molecule has 0 aliphatic rings. The van der Waals surface area contributed by atoms with Gasteiger partial charge in [0.05, 0.1) is 15.4 Å². The maximum absolute atomic E-state index is 12.7. The number of nitrogens with zero attached hydrogens (tertiary/aromatic N) is 1. The molecule has 21 heavy (non-hydrogen) atoms. The molecule has 0 spiro atoms. The average molecular weight is 302 g/mol. The molecule has 2 rings (SSSR count). The molecule has 108 valence electrons. The van der Waals surface area contributed by atoms with Crippen LogP contribution in [0.2, 0.25) is 0 Å². The minimum Gasteiger partial charge on any atom is -0.478 e. The van der Waals surface area contributed by atoms with E-state index >= 15 is 0 Å². The summed E-state index contributed by atoms with van der Waals surface area (Å²) in [6.07, 6.45) is 2.97. The molecule has 6 heteroatoms. The van der Waals surface area contributed by atoms with Crippen LogP contribution in [-0.4, -0.2) is 20.3 Å². The summed E-state index contributed by atoms with van der Waals surface area (Å²) < 4.78 is 20.8. The molecule has 2 N–H and O–H groups in total. The predicted molar refractivity (Wildman–Crippen MR) is 79.7 cm³/mol. The van der Waals surface area contributed by atoms with Crippen molar-refractivity contribution in [2.45, 2.75) is 16.7 Å². The van der Waals surface area contributed by atoms with Crippen LogP contribution in [0.4, 0.5) is 0 Å². The van der Waals surface area contributed by atoms with Crippen LogP contribution in [0.1, 0.15) is 22.8 Å². The Balaban J connectivity index is 2.49. The highest BCUT2D eigenvalue weighted by Gasteiger charge is 2.15. The van der Waals surface area contributed by atoms with Gasteiger partial charge in [-0.05, 0) is 48.4 Å². The average Bonchev–Trinajstić information content (AvgIpc) is 2.47. The summed E-state index contributed by atoms with van der Waals surface area (Å²) >= 11 is 0. The summed E-state index contributed by atoms with van der Waals surface area (Å²) in [6, 6.07) is 7.08. The van der Waals surface area contributed by atoms with Crippen molar-refractivity contribution < 1.29 is 14.1 Å². The molecule has 0 radical (unpaired) electrons. The normalized spacial score (nSPS) is 13.4. The van der Waals surface area contributed by atoms with Crippen molar-refractivity contribution in [1.82, 2.24) is 4.98 Å². The molecular weight excluding hydrogens is 288 g/mol. The summed E-state index contributed by atoms with van der Waals surface area (Å²) in [7, 11) is -3.23. The molecule has 0 aliphatic carbocycles. The molecule has 5 nitrogen and oxygen atoms in total. The Morgan fingerprint density at radius 3 is 2.33 bits per heavy atom. The number of allylic oxidation sites excluding steroid dienone is 1. The predicted octanol–water partition coefficient (Wildman–Crippen LogP) is 3.28. The molecule has 0 amide bonds. The zero-order valence-corrected chi connectivity index (χ0v) is 12.2. The lowest BCUT2D eigenvalue weighted by atomic mass is 10.2. The summed E-state index contributed by atoms with van der Waals surface area (Å²) in [5.74, 6) is -1.07. The fourth-order valence-electron chi connectivity index (χ4n) is 1.73.